The first-order valence-electron chi connectivity index (χ1n) is 11.3. The second-order valence-corrected chi connectivity index (χ2v) is 11.0. The minimum Gasteiger partial charge on any atom is -0.492 e. The summed E-state index contributed by atoms with van der Waals surface area (Å²) in [5.41, 5.74) is 0.428. The van der Waals surface area contributed by atoms with E-state index in [9.17, 15) is 23.1 Å². The minimum absolute atomic E-state index is 0.0296. The van der Waals surface area contributed by atoms with E-state index in [0.29, 0.717) is 23.1 Å². The number of carbonyl (C=O) groups excluding carboxylic acids is 1. The molecule has 36 heavy (non-hydrogen) atoms. The van der Waals surface area contributed by atoms with E-state index in [0.717, 1.165) is 0 Å². The van der Waals surface area contributed by atoms with Gasteiger partial charge in [0.15, 0.2) is 9.84 Å². The van der Waals surface area contributed by atoms with Crippen LogP contribution in [0.25, 0.3) is 11.1 Å². The monoisotopic (exact) mass is 515 g/mol. The standard InChI is InChI=1S/C26H29NO8S/c1-26(2,3)35-25(30)27-13-7-14-34-23-21(24(28)29)11-10-19(22(23)18-12-15-33-16-18)17-36(31,32)20-8-5-4-6-9-20/h4-6,8-12,15-16H,7,13-14,17H2,1-3H3,(H,27,30)(H,28,29). The Bertz CT molecular complexity index is 1290. The Hall–Kier alpha value is -3.79. The molecule has 0 aliphatic rings. The van der Waals surface area contributed by atoms with Crippen molar-refractivity contribution in [3.8, 4) is 16.9 Å². The van der Waals surface area contributed by atoms with Gasteiger partial charge in [0.2, 0.25) is 0 Å². The number of carboxylic acids is 1. The summed E-state index contributed by atoms with van der Waals surface area (Å²) in [7, 11) is -3.73. The first-order valence-corrected chi connectivity index (χ1v) is 12.9. The normalized spacial score (nSPS) is 11.6. The average Bonchev–Trinajstić information content (AvgIpc) is 3.32. The van der Waals surface area contributed by atoms with Crippen molar-refractivity contribution in [1.82, 2.24) is 5.32 Å². The molecule has 3 rings (SSSR count). The van der Waals surface area contributed by atoms with Gasteiger partial charge in [-0.15, -0.1) is 0 Å². The van der Waals surface area contributed by atoms with Gasteiger partial charge in [-0.1, -0.05) is 24.3 Å². The molecule has 0 atom stereocenters. The van der Waals surface area contributed by atoms with Gasteiger partial charge in [-0.05, 0) is 57.0 Å². The van der Waals surface area contributed by atoms with Crippen molar-refractivity contribution in [2.45, 2.75) is 43.4 Å². The molecule has 0 aliphatic heterocycles. The highest BCUT2D eigenvalue weighted by atomic mass is 32.2. The first-order chi connectivity index (χ1) is 17.0. The van der Waals surface area contributed by atoms with E-state index in [2.05, 4.69) is 5.32 Å². The second-order valence-electron chi connectivity index (χ2n) is 9.00. The fourth-order valence-corrected chi connectivity index (χ4v) is 4.84. The molecule has 0 unspecified atom stereocenters. The molecular weight excluding hydrogens is 486 g/mol. The van der Waals surface area contributed by atoms with Crippen LogP contribution in [-0.4, -0.2) is 44.3 Å². The van der Waals surface area contributed by atoms with E-state index in [-0.39, 0.29) is 35.1 Å². The molecule has 2 aromatic carbocycles. The Morgan fingerprint density at radius 2 is 1.78 bits per heavy atom. The zero-order chi connectivity index (χ0) is 26.3. The molecule has 10 heteroatoms. The minimum atomic E-state index is -3.73. The number of carbonyl (C=O) groups is 2. The van der Waals surface area contributed by atoms with Crippen molar-refractivity contribution in [2.75, 3.05) is 13.2 Å². The highest BCUT2D eigenvalue weighted by Crippen LogP contribution is 2.38. The third-order valence-corrected chi connectivity index (χ3v) is 6.65. The summed E-state index contributed by atoms with van der Waals surface area (Å²) in [4.78, 5) is 24.0. The number of benzene rings is 2. The number of amides is 1. The Labute approximate surface area is 210 Å². The van der Waals surface area contributed by atoms with Gasteiger partial charge >= 0.3 is 12.1 Å². The number of furan rings is 1. The van der Waals surface area contributed by atoms with Crippen LogP contribution in [0.15, 0.2) is 70.4 Å². The summed E-state index contributed by atoms with van der Waals surface area (Å²) in [6.07, 6.45) is 2.60. The van der Waals surface area contributed by atoms with E-state index in [1.165, 1.54) is 36.8 Å². The van der Waals surface area contributed by atoms with Crippen LogP contribution in [0.3, 0.4) is 0 Å². The molecule has 3 aromatic rings. The number of nitrogens with one attached hydrogen (secondary N) is 1. The molecule has 0 aliphatic carbocycles. The van der Waals surface area contributed by atoms with Gasteiger partial charge in [0.25, 0.3) is 0 Å². The summed E-state index contributed by atoms with van der Waals surface area (Å²) < 4.78 is 42.4. The molecule has 0 radical (unpaired) electrons. The van der Waals surface area contributed by atoms with Gasteiger partial charge < -0.3 is 24.3 Å². The van der Waals surface area contributed by atoms with Gasteiger partial charge in [0, 0.05) is 17.7 Å². The van der Waals surface area contributed by atoms with Gasteiger partial charge in [-0.3, -0.25) is 0 Å². The van der Waals surface area contributed by atoms with Crippen LogP contribution in [0.2, 0.25) is 0 Å². The maximum absolute atomic E-state index is 13.1. The Morgan fingerprint density at radius 3 is 2.39 bits per heavy atom. The molecule has 0 bridgehead atoms. The first kappa shape index (κ1) is 26.8. The van der Waals surface area contributed by atoms with Crippen molar-refractivity contribution < 1.29 is 37.0 Å². The zero-order valence-corrected chi connectivity index (χ0v) is 21.1. The summed E-state index contributed by atoms with van der Waals surface area (Å²) in [5, 5.41) is 12.4. The topological polar surface area (TPSA) is 132 Å². The lowest BCUT2D eigenvalue weighted by Gasteiger charge is -2.20. The number of alkyl carbamates (subject to hydrolysis) is 1. The lowest BCUT2D eigenvalue weighted by molar-refractivity contribution is 0.0525. The van der Waals surface area contributed by atoms with E-state index < -0.39 is 27.5 Å². The third-order valence-electron chi connectivity index (χ3n) is 4.97. The van der Waals surface area contributed by atoms with Crippen molar-refractivity contribution in [3.05, 3.63) is 72.2 Å². The predicted molar refractivity (Wildman–Crippen MR) is 133 cm³/mol. The van der Waals surface area contributed by atoms with Gasteiger partial charge in [0.1, 0.15) is 16.9 Å². The lowest BCUT2D eigenvalue weighted by Crippen LogP contribution is -2.33. The molecule has 1 amide bonds. The number of hydrogen-bond donors (Lipinski definition) is 2. The molecule has 0 saturated carbocycles. The van der Waals surface area contributed by atoms with Crippen LogP contribution in [-0.2, 0) is 20.3 Å². The third kappa shape index (κ3) is 7.11. The van der Waals surface area contributed by atoms with Crippen LogP contribution in [0.4, 0.5) is 4.79 Å². The van der Waals surface area contributed by atoms with Crippen LogP contribution in [0.5, 0.6) is 5.75 Å². The average molecular weight is 516 g/mol. The molecule has 192 valence electrons. The number of rotatable bonds is 10. The highest BCUT2D eigenvalue weighted by molar-refractivity contribution is 7.90. The molecule has 0 fully saturated rings. The van der Waals surface area contributed by atoms with E-state index in [1.807, 2.05) is 0 Å². The molecule has 0 saturated heterocycles. The second kappa shape index (κ2) is 11.3. The number of sulfone groups is 1. The number of carboxylic acid groups (broad SMARTS) is 1. The van der Waals surface area contributed by atoms with Crippen LogP contribution in [0.1, 0.15) is 43.1 Å². The van der Waals surface area contributed by atoms with Crippen molar-refractivity contribution >= 4 is 21.9 Å². The Kier molecular flexibility index (Phi) is 8.41. The molecule has 2 N–H and O–H groups in total. The fraction of sp³-hybridized carbons (Fsp3) is 0.308. The lowest BCUT2D eigenvalue weighted by atomic mass is 9.98. The van der Waals surface area contributed by atoms with Gasteiger partial charge in [-0.2, -0.15) is 0 Å². The van der Waals surface area contributed by atoms with E-state index in [1.54, 1.807) is 45.0 Å². The summed E-state index contributed by atoms with van der Waals surface area (Å²) in [5.74, 6) is -1.56. The molecule has 0 spiro atoms. The van der Waals surface area contributed by atoms with Crippen molar-refractivity contribution in [3.63, 3.8) is 0 Å². The molecule has 1 aromatic heterocycles. The van der Waals surface area contributed by atoms with Crippen LogP contribution < -0.4 is 10.1 Å². The predicted octanol–water partition coefficient (Wildman–Crippen LogP) is 4.91. The fourth-order valence-electron chi connectivity index (χ4n) is 3.45. The molecular formula is C26H29NO8S. The zero-order valence-electron chi connectivity index (χ0n) is 20.3. The van der Waals surface area contributed by atoms with Crippen molar-refractivity contribution in [1.29, 1.82) is 0 Å². The molecule has 1 heterocycles. The van der Waals surface area contributed by atoms with E-state index in [4.69, 9.17) is 13.9 Å². The number of ether oxygens (including phenoxy) is 2. The summed E-state index contributed by atoms with van der Waals surface area (Å²) >= 11 is 0. The quantitative estimate of drug-likeness (QED) is 0.364. The summed E-state index contributed by atoms with van der Waals surface area (Å²) in [6.45, 7) is 5.57. The van der Waals surface area contributed by atoms with Crippen molar-refractivity contribution in [2.24, 2.45) is 0 Å². The Morgan fingerprint density at radius 1 is 1.06 bits per heavy atom. The highest BCUT2D eigenvalue weighted by Gasteiger charge is 2.25. The van der Waals surface area contributed by atoms with Gasteiger partial charge in [-0.25, -0.2) is 18.0 Å². The van der Waals surface area contributed by atoms with Gasteiger partial charge in [0.05, 0.1) is 29.8 Å². The number of hydrogen-bond acceptors (Lipinski definition) is 7. The maximum Gasteiger partial charge on any atom is 0.407 e. The van der Waals surface area contributed by atoms with Crippen LogP contribution >= 0.6 is 0 Å². The van der Waals surface area contributed by atoms with Crippen LogP contribution in [0, 0.1) is 0 Å². The Balaban J connectivity index is 1.87. The maximum atomic E-state index is 13.1. The number of aromatic carboxylic acids is 1. The SMILES string of the molecule is CC(C)(C)OC(=O)NCCCOc1c(C(=O)O)ccc(CS(=O)(=O)c2ccccc2)c1-c1ccoc1. The van der Waals surface area contributed by atoms with E-state index >= 15 is 0 Å². The largest absolute Gasteiger partial charge is 0.492 e. The molecule has 9 nitrogen and oxygen atoms in total. The smallest absolute Gasteiger partial charge is 0.407 e. The summed E-state index contributed by atoms with van der Waals surface area (Å²) in [6, 6.07) is 12.4.